The molecule has 1 N–H and O–H groups in total. The fourth-order valence-corrected chi connectivity index (χ4v) is 4.39. The summed E-state index contributed by atoms with van der Waals surface area (Å²) in [6, 6.07) is 22.5. The van der Waals surface area contributed by atoms with Gasteiger partial charge >= 0.3 is 0 Å². The molecule has 0 radical (unpaired) electrons. The standard InChI is InChI=1S/C27H21BrFN3O/c28-20-9-6-18(7-10-20)15-25(33)32-27-24(14-17-4-2-1-3-5-17)30-26-22-12-11-21(29)16-19(22)8-13-23(26)31-27/h1-7,9-12,16H,8,13-15H2,(H,31,32,33). The van der Waals surface area contributed by atoms with E-state index in [0.29, 0.717) is 30.8 Å². The lowest BCUT2D eigenvalue weighted by molar-refractivity contribution is -0.115. The smallest absolute Gasteiger partial charge is 0.229 e. The summed E-state index contributed by atoms with van der Waals surface area (Å²) in [5.74, 6) is 0.107. The lowest BCUT2D eigenvalue weighted by Gasteiger charge is -2.21. The molecule has 1 aliphatic rings. The zero-order valence-electron chi connectivity index (χ0n) is 17.8. The first-order valence-corrected chi connectivity index (χ1v) is 11.6. The number of halogens is 2. The van der Waals surface area contributed by atoms with Crippen molar-refractivity contribution in [1.29, 1.82) is 0 Å². The van der Waals surface area contributed by atoms with Gasteiger partial charge in [-0.15, -0.1) is 0 Å². The van der Waals surface area contributed by atoms with E-state index in [4.69, 9.17) is 9.97 Å². The maximum Gasteiger partial charge on any atom is 0.229 e. The summed E-state index contributed by atoms with van der Waals surface area (Å²) in [5, 5.41) is 2.99. The summed E-state index contributed by atoms with van der Waals surface area (Å²) in [7, 11) is 0. The van der Waals surface area contributed by atoms with Crippen LogP contribution < -0.4 is 5.32 Å². The summed E-state index contributed by atoms with van der Waals surface area (Å²) in [6.07, 6.45) is 2.13. The molecule has 0 bridgehead atoms. The van der Waals surface area contributed by atoms with Crippen LogP contribution in [0.15, 0.2) is 77.3 Å². The molecule has 0 aliphatic heterocycles. The molecule has 0 saturated carbocycles. The van der Waals surface area contributed by atoms with Crippen LogP contribution in [-0.4, -0.2) is 15.9 Å². The van der Waals surface area contributed by atoms with Crippen molar-refractivity contribution in [3.05, 3.63) is 111 Å². The summed E-state index contributed by atoms with van der Waals surface area (Å²) in [4.78, 5) is 22.6. The molecule has 4 aromatic rings. The lowest BCUT2D eigenvalue weighted by Crippen LogP contribution is -2.20. The first-order chi connectivity index (χ1) is 16.0. The highest BCUT2D eigenvalue weighted by molar-refractivity contribution is 9.10. The Kier molecular flexibility index (Phi) is 6.01. The molecule has 0 fully saturated rings. The van der Waals surface area contributed by atoms with Crippen LogP contribution in [0, 0.1) is 5.82 Å². The fraction of sp³-hybridized carbons (Fsp3) is 0.148. The van der Waals surface area contributed by atoms with Gasteiger partial charge in [-0.05, 0) is 59.9 Å². The molecule has 1 aromatic heterocycles. The number of hydrogen-bond acceptors (Lipinski definition) is 3. The lowest BCUT2D eigenvalue weighted by atomic mass is 9.91. The zero-order valence-corrected chi connectivity index (χ0v) is 19.4. The van der Waals surface area contributed by atoms with E-state index < -0.39 is 0 Å². The van der Waals surface area contributed by atoms with Crippen molar-refractivity contribution in [2.75, 3.05) is 5.32 Å². The van der Waals surface area contributed by atoms with E-state index in [1.165, 1.54) is 6.07 Å². The molecule has 0 atom stereocenters. The van der Waals surface area contributed by atoms with E-state index >= 15 is 0 Å². The van der Waals surface area contributed by atoms with Gasteiger partial charge in [0, 0.05) is 16.5 Å². The number of nitrogens with zero attached hydrogens (tertiary/aromatic N) is 2. The predicted molar refractivity (Wildman–Crippen MR) is 131 cm³/mol. The van der Waals surface area contributed by atoms with Gasteiger partial charge in [0.15, 0.2) is 5.82 Å². The van der Waals surface area contributed by atoms with Crippen LogP contribution in [0.3, 0.4) is 0 Å². The van der Waals surface area contributed by atoms with Crippen molar-refractivity contribution in [1.82, 2.24) is 9.97 Å². The Balaban J connectivity index is 1.50. The molecule has 164 valence electrons. The SMILES string of the molecule is O=C(Cc1ccc(Br)cc1)Nc1nc2c(nc1Cc1ccccc1)-c1ccc(F)cc1CC2. The highest BCUT2D eigenvalue weighted by Gasteiger charge is 2.23. The molecule has 0 spiro atoms. The summed E-state index contributed by atoms with van der Waals surface area (Å²) in [5.41, 5.74) is 6.13. The molecule has 3 aromatic carbocycles. The number of anilines is 1. The van der Waals surface area contributed by atoms with Crippen molar-refractivity contribution in [3.63, 3.8) is 0 Å². The number of hydrogen-bond donors (Lipinski definition) is 1. The number of carbonyl (C=O) groups excluding carboxylic acids is 1. The molecule has 1 amide bonds. The van der Waals surface area contributed by atoms with Crippen molar-refractivity contribution in [3.8, 4) is 11.3 Å². The second-order valence-electron chi connectivity index (χ2n) is 8.13. The Morgan fingerprint density at radius 2 is 1.73 bits per heavy atom. The van der Waals surface area contributed by atoms with Gasteiger partial charge in [-0.2, -0.15) is 0 Å². The van der Waals surface area contributed by atoms with Crippen LogP contribution in [0.1, 0.15) is 28.1 Å². The normalized spacial score (nSPS) is 12.1. The average Bonchev–Trinajstić information content (AvgIpc) is 2.81. The van der Waals surface area contributed by atoms with Crippen molar-refractivity contribution < 1.29 is 9.18 Å². The Hall–Kier alpha value is -3.38. The van der Waals surface area contributed by atoms with Gasteiger partial charge in [0.2, 0.25) is 5.91 Å². The van der Waals surface area contributed by atoms with Gasteiger partial charge < -0.3 is 5.32 Å². The van der Waals surface area contributed by atoms with Gasteiger partial charge in [-0.1, -0.05) is 58.4 Å². The number of aryl methyl sites for hydroxylation is 2. The first-order valence-electron chi connectivity index (χ1n) is 10.8. The van der Waals surface area contributed by atoms with Gasteiger partial charge in [-0.25, -0.2) is 14.4 Å². The van der Waals surface area contributed by atoms with Gasteiger partial charge in [-0.3, -0.25) is 4.79 Å². The predicted octanol–water partition coefficient (Wildman–Crippen LogP) is 5.92. The minimum atomic E-state index is -0.244. The van der Waals surface area contributed by atoms with Crippen LogP contribution >= 0.6 is 15.9 Å². The number of rotatable bonds is 5. The third kappa shape index (κ3) is 4.86. The Labute approximate surface area is 200 Å². The molecule has 6 heteroatoms. The highest BCUT2D eigenvalue weighted by atomic mass is 79.9. The molecule has 33 heavy (non-hydrogen) atoms. The van der Waals surface area contributed by atoms with Gasteiger partial charge in [0.1, 0.15) is 5.82 Å². The molecular weight excluding hydrogens is 481 g/mol. The molecule has 0 saturated heterocycles. The maximum absolute atomic E-state index is 13.8. The number of benzene rings is 3. The molecular formula is C27H21BrFN3O. The third-order valence-corrected chi connectivity index (χ3v) is 6.27. The average molecular weight is 502 g/mol. The molecule has 0 unspecified atom stereocenters. The van der Waals surface area contributed by atoms with Crippen LogP contribution in [0.2, 0.25) is 0 Å². The molecule has 1 heterocycles. The van der Waals surface area contributed by atoms with Crippen molar-refractivity contribution in [2.45, 2.75) is 25.7 Å². The van der Waals surface area contributed by atoms with E-state index in [0.717, 1.165) is 38.1 Å². The fourth-order valence-electron chi connectivity index (χ4n) is 4.12. The zero-order chi connectivity index (χ0) is 22.8. The highest BCUT2D eigenvalue weighted by Crippen LogP contribution is 2.33. The minimum Gasteiger partial charge on any atom is -0.309 e. The Morgan fingerprint density at radius 3 is 2.52 bits per heavy atom. The topological polar surface area (TPSA) is 54.9 Å². The monoisotopic (exact) mass is 501 g/mol. The summed E-state index contributed by atoms with van der Waals surface area (Å²) < 4.78 is 14.7. The van der Waals surface area contributed by atoms with Crippen LogP contribution in [0.4, 0.5) is 10.2 Å². The number of aromatic nitrogens is 2. The first kappa shape index (κ1) is 21.5. The second-order valence-corrected chi connectivity index (χ2v) is 9.05. The van der Waals surface area contributed by atoms with Crippen molar-refractivity contribution in [2.24, 2.45) is 0 Å². The summed E-state index contributed by atoms with van der Waals surface area (Å²) >= 11 is 3.42. The Bertz CT molecular complexity index is 1320. The largest absolute Gasteiger partial charge is 0.309 e. The molecule has 5 rings (SSSR count). The van der Waals surface area contributed by atoms with E-state index in [1.807, 2.05) is 54.6 Å². The molecule has 4 nitrogen and oxygen atoms in total. The van der Waals surface area contributed by atoms with E-state index in [1.54, 1.807) is 12.1 Å². The third-order valence-electron chi connectivity index (χ3n) is 5.74. The minimum absolute atomic E-state index is 0.140. The van der Waals surface area contributed by atoms with Crippen LogP contribution in [0.5, 0.6) is 0 Å². The van der Waals surface area contributed by atoms with Gasteiger partial charge in [0.25, 0.3) is 0 Å². The second kappa shape index (κ2) is 9.24. The van der Waals surface area contributed by atoms with Crippen molar-refractivity contribution >= 4 is 27.7 Å². The summed E-state index contributed by atoms with van der Waals surface area (Å²) in [6.45, 7) is 0. The Morgan fingerprint density at radius 1 is 0.939 bits per heavy atom. The molecule has 1 aliphatic carbocycles. The van der Waals surface area contributed by atoms with E-state index in [2.05, 4.69) is 21.2 Å². The number of amides is 1. The number of nitrogens with one attached hydrogen (secondary N) is 1. The van der Waals surface area contributed by atoms with E-state index in [9.17, 15) is 9.18 Å². The van der Waals surface area contributed by atoms with Gasteiger partial charge in [0.05, 0.1) is 23.5 Å². The number of carbonyl (C=O) groups is 1. The quantitative estimate of drug-likeness (QED) is 0.369. The van der Waals surface area contributed by atoms with Crippen LogP contribution in [-0.2, 0) is 30.5 Å². The number of fused-ring (bicyclic) bond motifs is 3. The van der Waals surface area contributed by atoms with E-state index in [-0.39, 0.29) is 18.1 Å². The maximum atomic E-state index is 13.8. The van der Waals surface area contributed by atoms with Crippen LogP contribution in [0.25, 0.3) is 11.3 Å².